The first-order valence-electron chi connectivity index (χ1n) is 10.2. The monoisotopic (exact) mass is 415 g/mol. The number of rotatable bonds is 10. The number of aliphatic carboxylic acids is 1. The van der Waals surface area contributed by atoms with Crippen LogP contribution in [0.3, 0.4) is 0 Å². The van der Waals surface area contributed by atoms with Crippen LogP contribution in [0.1, 0.15) is 29.0 Å². The van der Waals surface area contributed by atoms with Crippen molar-refractivity contribution in [2.75, 3.05) is 13.2 Å². The SMILES string of the molecule is O=C([O-])COc1cccc2c(COCCC(c3ccccc3)c3ccccc3)coc12. The van der Waals surface area contributed by atoms with E-state index < -0.39 is 12.6 Å². The van der Waals surface area contributed by atoms with Gasteiger partial charge in [0.2, 0.25) is 0 Å². The van der Waals surface area contributed by atoms with Gasteiger partial charge in [-0.15, -0.1) is 0 Å². The minimum atomic E-state index is -1.28. The van der Waals surface area contributed by atoms with E-state index in [4.69, 9.17) is 13.9 Å². The lowest BCUT2D eigenvalue weighted by Gasteiger charge is -2.18. The summed E-state index contributed by atoms with van der Waals surface area (Å²) in [5.41, 5.74) is 3.93. The maximum Gasteiger partial charge on any atom is 0.176 e. The normalized spacial score (nSPS) is 11.1. The Morgan fingerprint density at radius 2 is 1.58 bits per heavy atom. The highest BCUT2D eigenvalue weighted by atomic mass is 16.5. The molecule has 0 amide bonds. The predicted octanol–water partition coefficient (Wildman–Crippen LogP) is 4.30. The number of carboxylic acids is 1. The number of para-hydroxylation sites is 1. The Hall–Kier alpha value is -3.57. The van der Waals surface area contributed by atoms with Crippen LogP contribution in [0.5, 0.6) is 5.75 Å². The van der Waals surface area contributed by atoms with E-state index in [0.717, 1.165) is 17.4 Å². The van der Waals surface area contributed by atoms with Crippen LogP contribution in [0.15, 0.2) is 89.5 Å². The second-order valence-electron chi connectivity index (χ2n) is 7.27. The molecule has 0 bridgehead atoms. The molecule has 1 heterocycles. The Kier molecular flexibility index (Phi) is 6.65. The molecule has 0 unspecified atom stereocenters. The standard InChI is InChI=1S/C26H24O5/c27-25(28)18-30-24-13-7-12-23-21(17-31-26(23)24)16-29-15-14-22(19-8-3-1-4-9-19)20-10-5-2-6-11-20/h1-13,17,22H,14-16,18H2,(H,27,28)/p-1. The average molecular weight is 415 g/mol. The molecule has 0 fully saturated rings. The summed E-state index contributed by atoms with van der Waals surface area (Å²) in [6.45, 7) is 0.460. The summed E-state index contributed by atoms with van der Waals surface area (Å²) in [5.74, 6) is -0.646. The van der Waals surface area contributed by atoms with Crippen LogP contribution in [0.25, 0.3) is 11.0 Å². The highest BCUT2D eigenvalue weighted by Gasteiger charge is 2.15. The van der Waals surface area contributed by atoms with E-state index in [1.807, 2.05) is 18.2 Å². The second kappa shape index (κ2) is 9.96. The molecule has 0 spiro atoms. The van der Waals surface area contributed by atoms with E-state index in [1.165, 1.54) is 11.1 Å². The van der Waals surface area contributed by atoms with Gasteiger partial charge < -0.3 is 23.8 Å². The van der Waals surface area contributed by atoms with Gasteiger partial charge in [-0.05, 0) is 23.6 Å². The van der Waals surface area contributed by atoms with Crippen molar-refractivity contribution < 1.29 is 23.8 Å². The number of ether oxygens (including phenoxy) is 2. The van der Waals surface area contributed by atoms with Crippen LogP contribution in [-0.4, -0.2) is 19.2 Å². The fraction of sp³-hybridized carbons (Fsp3) is 0.192. The lowest BCUT2D eigenvalue weighted by Crippen LogP contribution is -2.28. The number of hydrogen-bond acceptors (Lipinski definition) is 5. The summed E-state index contributed by atoms with van der Waals surface area (Å²) in [5, 5.41) is 11.5. The molecule has 5 nitrogen and oxygen atoms in total. The highest BCUT2D eigenvalue weighted by molar-refractivity contribution is 5.86. The minimum absolute atomic E-state index is 0.258. The van der Waals surface area contributed by atoms with E-state index >= 15 is 0 Å². The molecule has 0 radical (unpaired) electrons. The molecule has 0 aliphatic rings. The summed E-state index contributed by atoms with van der Waals surface area (Å²) in [6.07, 6.45) is 2.48. The van der Waals surface area contributed by atoms with Crippen molar-refractivity contribution in [3.05, 3.63) is 102 Å². The maximum atomic E-state index is 10.7. The van der Waals surface area contributed by atoms with Gasteiger partial charge in [-0.1, -0.05) is 72.8 Å². The van der Waals surface area contributed by atoms with Crippen molar-refractivity contribution in [3.8, 4) is 5.75 Å². The van der Waals surface area contributed by atoms with Crippen molar-refractivity contribution in [1.82, 2.24) is 0 Å². The Morgan fingerprint density at radius 1 is 0.903 bits per heavy atom. The van der Waals surface area contributed by atoms with Crippen LogP contribution in [-0.2, 0) is 16.1 Å². The Labute approximate surface area is 180 Å². The molecule has 1 aromatic heterocycles. The maximum absolute atomic E-state index is 10.7. The van der Waals surface area contributed by atoms with Crippen molar-refractivity contribution in [2.24, 2.45) is 0 Å². The van der Waals surface area contributed by atoms with Crippen molar-refractivity contribution >= 4 is 16.9 Å². The second-order valence-corrected chi connectivity index (χ2v) is 7.27. The first kappa shape index (κ1) is 20.7. The first-order valence-corrected chi connectivity index (χ1v) is 10.2. The number of benzene rings is 3. The summed E-state index contributed by atoms with van der Waals surface area (Å²) in [4.78, 5) is 10.7. The Bertz CT molecular complexity index is 1080. The number of carboxylic acid groups (broad SMARTS) is 1. The molecule has 0 N–H and O–H groups in total. The third-order valence-corrected chi connectivity index (χ3v) is 5.20. The zero-order valence-electron chi connectivity index (χ0n) is 17.0. The number of furan rings is 1. The van der Waals surface area contributed by atoms with Gasteiger partial charge in [-0.3, -0.25) is 0 Å². The summed E-state index contributed by atoms with van der Waals surface area (Å²) in [6, 6.07) is 26.3. The zero-order chi connectivity index (χ0) is 21.5. The van der Waals surface area contributed by atoms with Gasteiger partial charge in [0.05, 0.1) is 18.8 Å². The molecule has 3 aromatic carbocycles. The molecule has 5 heteroatoms. The van der Waals surface area contributed by atoms with Crippen LogP contribution >= 0.6 is 0 Å². The van der Waals surface area contributed by atoms with E-state index in [1.54, 1.807) is 18.4 Å². The third-order valence-electron chi connectivity index (χ3n) is 5.20. The van der Waals surface area contributed by atoms with E-state index in [2.05, 4.69) is 48.5 Å². The predicted molar refractivity (Wildman–Crippen MR) is 116 cm³/mol. The van der Waals surface area contributed by atoms with Crippen LogP contribution < -0.4 is 9.84 Å². The highest BCUT2D eigenvalue weighted by Crippen LogP contribution is 2.31. The quantitative estimate of drug-likeness (QED) is 0.361. The van der Waals surface area contributed by atoms with Gasteiger partial charge in [-0.25, -0.2) is 0 Å². The van der Waals surface area contributed by atoms with Crippen LogP contribution in [0.2, 0.25) is 0 Å². The molecule has 0 saturated heterocycles. The fourth-order valence-electron chi connectivity index (χ4n) is 3.73. The van der Waals surface area contributed by atoms with Gasteiger partial charge in [0, 0.05) is 23.5 Å². The van der Waals surface area contributed by atoms with Gasteiger partial charge in [-0.2, -0.15) is 0 Å². The number of hydrogen-bond donors (Lipinski definition) is 0. The summed E-state index contributed by atoms with van der Waals surface area (Å²) < 4.78 is 16.9. The van der Waals surface area contributed by atoms with Gasteiger partial charge >= 0.3 is 0 Å². The molecule has 4 aromatic rings. The fourth-order valence-corrected chi connectivity index (χ4v) is 3.73. The zero-order valence-corrected chi connectivity index (χ0v) is 17.0. The van der Waals surface area contributed by atoms with E-state index in [9.17, 15) is 9.90 Å². The molecule has 0 aliphatic heterocycles. The largest absolute Gasteiger partial charge is 0.546 e. The molecular weight excluding hydrogens is 392 g/mol. The van der Waals surface area contributed by atoms with Gasteiger partial charge in [0.15, 0.2) is 11.3 Å². The van der Waals surface area contributed by atoms with Crippen LogP contribution in [0.4, 0.5) is 0 Å². The van der Waals surface area contributed by atoms with Gasteiger partial charge in [0.25, 0.3) is 0 Å². The van der Waals surface area contributed by atoms with Crippen molar-refractivity contribution in [2.45, 2.75) is 18.9 Å². The number of fused-ring (bicyclic) bond motifs is 1. The average Bonchev–Trinajstić information content (AvgIpc) is 3.22. The molecule has 0 aliphatic carbocycles. The summed E-state index contributed by atoms with van der Waals surface area (Å²) in [7, 11) is 0. The topological polar surface area (TPSA) is 71.7 Å². The van der Waals surface area contributed by atoms with Crippen molar-refractivity contribution in [3.63, 3.8) is 0 Å². The third kappa shape index (κ3) is 5.13. The number of carbonyl (C=O) groups is 1. The lowest BCUT2D eigenvalue weighted by molar-refractivity contribution is -0.307. The van der Waals surface area contributed by atoms with Gasteiger partial charge in [0.1, 0.15) is 6.61 Å². The molecule has 158 valence electrons. The Balaban J connectivity index is 1.41. The summed E-state index contributed by atoms with van der Waals surface area (Å²) >= 11 is 0. The van der Waals surface area contributed by atoms with Crippen molar-refractivity contribution in [1.29, 1.82) is 0 Å². The molecule has 31 heavy (non-hydrogen) atoms. The minimum Gasteiger partial charge on any atom is -0.546 e. The van der Waals surface area contributed by atoms with E-state index in [0.29, 0.717) is 24.5 Å². The smallest absolute Gasteiger partial charge is 0.176 e. The Morgan fingerprint density at radius 3 is 2.23 bits per heavy atom. The van der Waals surface area contributed by atoms with Crippen LogP contribution in [0, 0.1) is 0 Å². The van der Waals surface area contributed by atoms with E-state index in [-0.39, 0.29) is 5.92 Å². The number of carbonyl (C=O) groups excluding carboxylic acids is 1. The molecule has 0 atom stereocenters. The molecule has 0 saturated carbocycles. The molecule has 4 rings (SSSR count). The molecular formula is C26H23O5-. The lowest BCUT2D eigenvalue weighted by atomic mass is 9.89. The first-order chi connectivity index (χ1) is 15.2.